The zero-order valence-electron chi connectivity index (χ0n) is 15.2. The average Bonchev–Trinajstić information content (AvgIpc) is 2.92. The van der Waals surface area contributed by atoms with Crippen LogP contribution in [0.5, 0.6) is 0 Å². The Morgan fingerprint density at radius 2 is 2.15 bits per heavy atom. The van der Waals surface area contributed by atoms with E-state index in [1.165, 1.54) is 11.3 Å². The van der Waals surface area contributed by atoms with Crippen molar-refractivity contribution in [2.24, 2.45) is 0 Å². The summed E-state index contributed by atoms with van der Waals surface area (Å²) in [5, 5.41) is 3.78. The minimum atomic E-state index is -0.417. The first-order chi connectivity index (χ1) is 12.4. The van der Waals surface area contributed by atoms with E-state index in [2.05, 4.69) is 15.3 Å². The van der Waals surface area contributed by atoms with E-state index < -0.39 is 5.97 Å². The monoisotopic (exact) mass is 371 g/mol. The second-order valence-corrected chi connectivity index (χ2v) is 7.14. The summed E-state index contributed by atoms with van der Waals surface area (Å²) < 4.78 is 5.07. The fraction of sp³-hybridized carbons (Fsp3) is 0.316. The van der Waals surface area contributed by atoms with Crippen LogP contribution in [-0.2, 0) is 4.74 Å². The Balaban J connectivity index is 1.97. The number of carbonyl (C=O) groups excluding carboxylic acids is 1. The molecule has 0 radical (unpaired) electrons. The first kappa shape index (κ1) is 18.1. The van der Waals surface area contributed by atoms with Crippen LogP contribution in [0.2, 0.25) is 0 Å². The molecule has 6 nitrogen and oxygen atoms in total. The van der Waals surface area contributed by atoms with Gasteiger partial charge in [0, 0.05) is 5.69 Å². The molecule has 2 N–H and O–H groups in total. The molecular weight excluding hydrogens is 350 g/mol. The molecule has 26 heavy (non-hydrogen) atoms. The molecule has 7 heteroatoms. The van der Waals surface area contributed by atoms with E-state index in [1.807, 2.05) is 38.1 Å². The Morgan fingerprint density at radius 3 is 2.85 bits per heavy atom. The number of nitrogens with zero attached hydrogens (tertiary/aromatic N) is 1. The van der Waals surface area contributed by atoms with Crippen LogP contribution in [0, 0.1) is 13.8 Å². The third-order valence-electron chi connectivity index (χ3n) is 4.09. The van der Waals surface area contributed by atoms with Crippen LogP contribution < -0.4 is 10.9 Å². The lowest BCUT2D eigenvalue weighted by Gasteiger charge is -2.14. The molecule has 1 atom stereocenters. The van der Waals surface area contributed by atoms with Gasteiger partial charge < -0.3 is 15.0 Å². The number of rotatable bonds is 5. The van der Waals surface area contributed by atoms with Gasteiger partial charge in [0.1, 0.15) is 15.5 Å². The molecule has 3 rings (SSSR count). The molecule has 136 valence electrons. The summed E-state index contributed by atoms with van der Waals surface area (Å²) in [6.07, 6.45) is 0. The Hall–Kier alpha value is -2.67. The van der Waals surface area contributed by atoms with Crippen molar-refractivity contribution in [2.75, 3.05) is 11.9 Å². The standard InChI is InChI=1S/C19H21N3O3S/c1-5-25-19(24)15-11(3)14-17(23)21-16(22-18(14)26-15)12(4)20-13-8-6-7-10(2)9-13/h6-9,12,20H,5H2,1-4H3,(H,21,22,23). The van der Waals surface area contributed by atoms with Crippen molar-refractivity contribution in [1.82, 2.24) is 9.97 Å². The van der Waals surface area contributed by atoms with Crippen LogP contribution in [0.3, 0.4) is 0 Å². The Labute approximate surface area is 155 Å². The number of hydrogen-bond acceptors (Lipinski definition) is 6. The van der Waals surface area contributed by atoms with Crippen LogP contribution in [0.4, 0.5) is 5.69 Å². The van der Waals surface area contributed by atoms with Gasteiger partial charge in [0.05, 0.1) is 18.0 Å². The summed E-state index contributed by atoms with van der Waals surface area (Å²) in [5.41, 5.74) is 2.47. The summed E-state index contributed by atoms with van der Waals surface area (Å²) in [6.45, 7) is 7.74. The smallest absolute Gasteiger partial charge is 0.348 e. The Kier molecular flexibility index (Phi) is 5.08. The molecule has 0 saturated carbocycles. The molecule has 2 heterocycles. The number of ether oxygens (including phenoxy) is 1. The number of thiophene rings is 1. The van der Waals surface area contributed by atoms with Crippen LogP contribution in [0.25, 0.3) is 10.2 Å². The highest BCUT2D eigenvalue weighted by molar-refractivity contribution is 7.20. The van der Waals surface area contributed by atoms with E-state index in [4.69, 9.17) is 4.74 Å². The second kappa shape index (κ2) is 7.29. The molecule has 3 aromatic rings. The number of aryl methyl sites for hydroxylation is 2. The van der Waals surface area contributed by atoms with Gasteiger partial charge in [0.15, 0.2) is 0 Å². The first-order valence-corrected chi connectivity index (χ1v) is 9.26. The maximum Gasteiger partial charge on any atom is 0.348 e. The molecule has 0 aliphatic rings. The number of fused-ring (bicyclic) bond motifs is 1. The van der Waals surface area contributed by atoms with Gasteiger partial charge in [-0.2, -0.15) is 0 Å². The van der Waals surface area contributed by atoms with Gasteiger partial charge >= 0.3 is 5.97 Å². The zero-order chi connectivity index (χ0) is 18.8. The summed E-state index contributed by atoms with van der Waals surface area (Å²) in [7, 11) is 0. The van der Waals surface area contributed by atoms with E-state index in [1.54, 1.807) is 13.8 Å². The van der Waals surface area contributed by atoms with Crippen molar-refractivity contribution >= 4 is 33.2 Å². The number of benzene rings is 1. The number of H-pyrrole nitrogens is 1. The van der Waals surface area contributed by atoms with E-state index >= 15 is 0 Å². The van der Waals surface area contributed by atoms with E-state index in [0.29, 0.717) is 33.1 Å². The van der Waals surface area contributed by atoms with Crippen molar-refractivity contribution in [2.45, 2.75) is 33.7 Å². The van der Waals surface area contributed by atoms with Crippen LogP contribution in [0.15, 0.2) is 29.1 Å². The van der Waals surface area contributed by atoms with Gasteiger partial charge in [0.25, 0.3) is 5.56 Å². The van der Waals surface area contributed by atoms with E-state index in [-0.39, 0.29) is 11.6 Å². The van der Waals surface area contributed by atoms with Crippen molar-refractivity contribution in [3.63, 3.8) is 0 Å². The Morgan fingerprint density at radius 1 is 1.38 bits per heavy atom. The molecule has 1 unspecified atom stereocenters. The van der Waals surface area contributed by atoms with E-state index in [0.717, 1.165) is 11.3 Å². The number of aromatic nitrogens is 2. The quantitative estimate of drug-likeness (QED) is 0.664. The Bertz CT molecular complexity index is 1020. The summed E-state index contributed by atoms with van der Waals surface area (Å²) >= 11 is 1.19. The normalized spacial score (nSPS) is 12.2. The average molecular weight is 371 g/mol. The highest BCUT2D eigenvalue weighted by Crippen LogP contribution is 2.28. The largest absolute Gasteiger partial charge is 0.462 e. The molecule has 0 spiro atoms. The molecular formula is C19H21N3O3S. The topological polar surface area (TPSA) is 84.1 Å². The molecule has 0 aliphatic carbocycles. The predicted octanol–water partition coefficient (Wildman–Crippen LogP) is 3.95. The van der Waals surface area contributed by atoms with Crippen LogP contribution in [0.1, 0.15) is 46.5 Å². The fourth-order valence-electron chi connectivity index (χ4n) is 2.81. The summed E-state index contributed by atoms with van der Waals surface area (Å²) in [5.74, 6) is 0.112. The van der Waals surface area contributed by atoms with Crippen molar-refractivity contribution in [1.29, 1.82) is 0 Å². The molecule has 0 amide bonds. The van der Waals surface area contributed by atoms with Gasteiger partial charge in [-0.15, -0.1) is 11.3 Å². The van der Waals surface area contributed by atoms with Crippen molar-refractivity contribution in [3.05, 3.63) is 56.4 Å². The van der Waals surface area contributed by atoms with Crippen molar-refractivity contribution in [3.8, 4) is 0 Å². The molecule has 0 saturated heterocycles. The SMILES string of the molecule is CCOC(=O)c1sc2nc(C(C)Nc3cccc(C)c3)[nH]c(=O)c2c1C. The molecule has 0 aliphatic heterocycles. The maximum atomic E-state index is 12.6. The number of nitrogens with one attached hydrogen (secondary N) is 2. The van der Waals surface area contributed by atoms with Crippen LogP contribution >= 0.6 is 11.3 Å². The van der Waals surface area contributed by atoms with Gasteiger partial charge in [-0.1, -0.05) is 12.1 Å². The molecule has 0 fully saturated rings. The zero-order valence-corrected chi connectivity index (χ0v) is 16.0. The molecule has 2 aromatic heterocycles. The van der Waals surface area contributed by atoms with Crippen molar-refractivity contribution < 1.29 is 9.53 Å². The summed E-state index contributed by atoms with van der Waals surface area (Å²) in [4.78, 5) is 33.0. The number of hydrogen-bond donors (Lipinski definition) is 2. The lowest BCUT2D eigenvalue weighted by Crippen LogP contribution is -2.17. The van der Waals surface area contributed by atoms with Crippen LogP contribution in [-0.4, -0.2) is 22.5 Å². The maximum absolute atomic E-state index is 12.6. The highest BCUT2D eigenvalue weighted by atomic mass is 32.1. The minimum absolute atomic E-state index is 0.192. The lowest BCUT2D eigenvalue weighted by atomic mass is 10.2. The number of carbonyl (C=O) groups is 1. The first-order valence-electron chi connectivity index (χ1n) is 8.44. The number of esters is 1. The summed E-state index contributed by atoms with van der Waals surface area (Å²) in [6, 6.07) is 7.79. The minimum Gasteiger partial charge on any atom is -0.462 e. The highest BCUT2D eigenvalue weighted by Gasteiger charge is 2.21. The van der Waals surface area contributed by atoms with E-state index in [9.17, 15) is 9.59 Å². The third kappa shape index (κ3) is 3.48. The van der Waals surface area contributed by atoms with Gasteiger partial charge in [-0.05, 0) is 51.0 Å². The van der Waals surface area contributed by atoms with Gasteiger partial charge in [-0.25, -0.2) is 9.78 Å². The fourth-order valence-corrected chi connectivity index (χ4v) is 3.89. The number of anilines is 1. The third-order valence-corrected chi connectivity index (χ3v) is 5.26. The lowest BCUT2D eigenvalue weighted by molar-refractivity contribution is 0.0531. The second-order valence-electron chi connectivity index (χ2n) is 6.14. The molecule has 0 bridgehead atoms. The number of aromatic amines is 1. The van der Waals surface area contributed by atoms with Gasteiger partial charge in [0.2, 0.25) is 0 Å². The molecule has 1 aromatic carbocycles. The predicted molar refractivity (Wildman–Crippen MR) is 104 cm³/mol. The van der Waals surface area contributed by atoms with Gasteiger partial charge in [-0.3, -0.25) is 4.79 Å².